The average molecular weight is 612 g/mol. The van der Waals surface area contributed by atoms with Crippen molar-refractivity contribution in [3.8, 4) is 11.3 Å². The smallest absolute Gasteiger partial charge is 0.174 e. The van der Waals surface area contributed by atoms with Gasteiger partial charge in [-0.25, -0.2) is 0 Å². The second-order valence-corrected chi connectivity index (χ2v) is 12.4. The van der Waals surface area contributed by atoms with Crippen molar-refractivity contribution in [3.05, 3.63) is 99.4 Å². The molecule has 4 heterocycles. The van der Waals surface area contributed by atoms with Crippen molar-refractivity contribution in [3.63, 3.8) is 0 Å². The molecule has 2 aliphatic heterocycles. The lowest BCUT2D eigenvalue weighted by atomic mass is 9.91. The molecule has 40 heavy (non-hydrogen) atoms. The van der Waals surface area contributed by atoms with E-state index in [1.807, 2.05) is 42.5 Å². The molecule has 4 atom stereocenters. The van der Waals surface area contributed by atoms with Crippen LogP contribution in [0.1, 0.15) is 43.8 Å². The number of aromatic nitrogens is 1. The number of furan rings is 1. The van der Waals surface area contributed by atoms with E-state index in [-0.39, 0.29) is 12.1 Å². The van der Waals surface area contributed by atoms with Crippen molar-refractivity contribution in [2.24, 2.45) is 11.8 Å². The van der Waals surface area contributed by atoms with Gasteiger partial charge >= 0.3 is 0 Å². The van der Waals surface area contributed by atoms with E-state index in [0.29, 0.717) is 37.8 Å². The Labute approximate surface area is 255 Å². The van der Waals surface area contributed by atoms with Crippen molar-refractivity contribution >= 4 is 63.5 Å². The van der Waals surface area contributed by atoms with Gasteiger partial charge in [0.25, 0.3) is 0 Å². The number of anilines is 2. The first kappa shape index (κ1) is 27.4. The summed E-state index contributed by atoms with van der Waals surface area (Å²) in [7, 11) is 0. The third kappa shape index (κ3) is 5.30. The summed E-state index contributed by atoms with van der Waals surface area (Å²) in [6, 6.07) is 20.8. The molecule has 0 unspecified atom stereocenters. The van der Waals surface area contributed by atoms with E-state index in [4.69, 9.17) is 51.4 Å². The van der Waals surface area contributed by atoms with Crippen molar-refractivity contribution in [1.82, 2.24) is 10.3 Å². The Morgan fingerprint density at radius 2 is 1.73 bits per heavy atom. The third-order valence-electron chi connectivity index (χ3n) is 7.63. The lowest BCUT2D eigenvalue weighted by Gasteiger charge is -2.37. The summed E-state index contributed by atoms with van der Waals surface area (Å²) in [6.45, 7) is 6.60. The van der Waals surface area contributed by atoms with Gasteiger partial charge in [0.1, 0.15) is 17.6 Å². The van der Waals surface area contributed by atoms with Crippen LogP contribution in [0, 0.1) is 11.8 Å². The zero-order valence-electron chi connectivity index (χ0n) is 22.2. The number of halogens is 3. The summed E-state index contributed by atoms with van der Waals surface area (Å²) < 4.78 is 6.46. The van der Waals surface area contributed by atoms with E-state index in [2.05, 4.69) is 46.1 Å². The number of nitrogens with one attached hydrogen (secondary N) is 1. The SMILES string of the molecule is C[C@@H]1C[C@H](C)CN(c2ccc(N3C(=S)N[C@@H](c4ccccn4)[C@H]3c3ccc(-c4ccc(Cl)cc4Cl)o3)cc2Cl)C1. The molecule has 206 valence electrons. The fourth-order valence-corrected chi connectivity index (χ4v) is 7.17. The van der Waals surface area contributed by atoms with Crippen LogP contribution in [-0.2, 0) is 0 Å². The van der Waals surface area contributed by atoms with Gasteiger partial charge < -0.3 is 19.5 Å². The molecule has 0 spiro atoms. The lowest BCUT2D eigenvalue weighted by Crippen LogP contribution is -2.38. The predicted octanol–water partition coefficient (Wildman–Crippen LogP) is 8.96. The minimum Gasteiger partial charge on any atom is -0.459 e. The highest BCUT2D eigenvalue weighted by atomic mass is 35.5. The topological polar surface area (TPSA) is 44.5 Å². The normalized spacial score (nSPS) is 23.0. The van der Waals surface area contributed by atoms with Gasteiger partial charge in [-0.1, -0.05) is 54.7 Å². The Bertz CT molecular complexity index is 1530. The Morgan fingerprint density at radius 3 is 2.42 bits per heavy atom. The number of hydrogen-bond donors (Lipinski definition) is 1. The molecule has 2 aliphatic rings. The van der Waals surface area contributed by atoms with Crippen LogP contribution in [0.5, 0.6) is 0 Å². The van der Waals surface area contributed by atoms with Gasteiger partial charge in [0.05, 0.1) is 27.5 Å². The van der Waals surface area contributed by atoms with Crippen molar-refractivity contribution in [2.75, 3.05) is 22.9 Å². The van der Waals surface area contributed by atoms with E-state index < -0.39 is 0 Å². The molecule has 2 aromatic heterocycles. The Kier molecular flexibility index (Phi) is 7.71. The van der Waals surface area contributed by atoms with E-state index >= 15 is 0 Å². The van der Waals surface area contributed by atoms with Crippen molar-refractivity contribution in [2.45, 2.75) is 32.4 Å². The zero-order valence-corrected chi connectivity index (χ0v) is 25.2. The van der Waals surface area contributed by atoms with E-state index in [9.17, 15) is 0 Å². The van der Waals surface area contributed by atoms with Crippen molar-refractivity contribution < 1.29 is 4.42 Å². The number of benzene rings is 2. The van der Waals surface area contributed by atoms with Crippen LogP contribution < -0.4 is 15.1 Å². The van der Waals surface area contributed by atoms with Gasteiger partial charge in [0, 0.05) is 35.6 Å². The molecule has 2 fully saturated rings. The maximum atomic E-state index is 6.95. The average Bonchev–Trinajstić information content (AvgIpc) is 3.53. The minimum absolute atomic E-state index is 0.240. The van der Waals surface area contributed by atoms with Crippen LogP contribution in [0.4, 0.5) is 11.4 Å². The fourth-order valence-electron chi connectivity index (χ4n) is 6.03. The monoisotopic (exact) mass is 610 g/mol. The lowest BCUT2D eigenvalue weighted by molar-refractivity contribution is 0.357. The number of pyridine rings is 1. The fraction of sp³-hybridized carbons (Fsp3) is 0.290. The Morgan fingerprint density at radius 1 is 0.925 bits per heavy atom. The van der Waals surface area contributed by atoms with Gasteiger partial charge in [-0.2, -0.15) is 0 Å². The first-order chi connectivity index (χ1) is 19.3. The highest BCUT2D eigenvalue weighted by Gasteiger charge is 2.43. The van der Waals surface area contributed by atoms with Gasteiger partial charge in [-0.15, -0.1) is 0 Å². The van der Waals surface area contributed by atoms with E-state index in [1.165, 1.54) is 6.42 Å². The third-order valence-corrected chi connectivity index (χ3v) is 8.80. The first-order valence-electron chi connectivity index (χ1n) is 13.4. The van der Waals surface area contributed by atoms with Crippen LogP contribution in [0.15, 0.2) is 77.3 Å². The second kappa shape index (κ2) is 11.2. The molecule has 0 saturated carbocycles. The van der Waals surface area contributed by atoms with Gasteiger partial charge in [0.15, 0.2) is 5.11 Å². The molecule has 9 heteroatoms. The quantitative estimate of drug-likeness (QED) is 0.227. The van der Waals surface area contributed by atoms with Crippen LogP contribution >= 0.6 is 47.0 Å². The summed E-state index contributed by atoms with van der Waals surface area (Å²) in [6.07, 6.45) is 3.02. The molecule has 0 aliphatic carbocycles. The molecule has 2 aromatic carbocycles. The molecular weight excluding hydrogens is 583 g/mol. The van der Waals surface area contributed by atoms with E-state index in [1.54, 1.807) is 18.3 Å². The molecule has 0 bridgehead atoms. The van der Waals surface area contributed by atoms with Crippen molar-refractivity contribution in [1.29, 1.82) is 0 Å². The molecule has 2 saturated heterocycles. The summed E-state index contributed by atoms with van der Waals surface area (Å²) in [5.74, 6) is 2.63. The van der Waals surface area contributed by atoms with Gasteiger partial charge in [0.2, 0.25) is 0 Å². The first-order valence-corrected chi connectivity index (χ1v) is 14.9. The molecule has 6 rings (SSSR count). The Balaban J connectivity index is 1.39. The molecule has 0 amide bonds. The number of rotatable bonds is 5. The highest BCUT2D eigenvalue weighted by molar-refractivity contribution is 7.80. The number of thiocarbonyl (C=S) groups is 1. The summed E-state index contributed by atoms with van der Waals surface area (Å²) in [5.41, 5.74) is 3.57. The molecular formula is C31H29Cl3N4OS. The molecule has 5 nitrogen and oxygen atoms in total. The van der Waals surface area contributed by atoms with Crippen LogP contribution in [0.3, 0.4) is 0 Å². The standard InChI is InChI=1S/C31H29Cl3N4OS/c1-18-13-19(2)17-37(16-18)26-9-7-21(15-24(26)34)38-30(29(36-31(38)40)25-5-3-4-12-35-25)28-11-10-27(39-28)22-8-6-20(32)14-23(22)33/h3-12,14-15,18-19,29-30H,13,16-17H2,1-2H3,(H,36,40)/t18-,19+,29-,30+/m0/s1. The Hall–Kier alpha value is -2.77. The molecule has 0 radical (unpaired) electrons. The number of hydrogen-bond acceptors (Lipinski definition) is 4. The summed E-state index contributed by atoms with van der Waals surface area (Å²) in [4.78, 5) is 9.10. The summed E-state index contributed by atoms with van der Waals surface area (Å²) in [5, 5.41) is 5.86. The predicted molar refractivity (Wildman–Crippen MR) is 169 cm³/mol. The molecule has 4 aromatic rings. The largest absolute Gasteiger partial charge is 0.459 e. The zero-order chi connectivity index (χ0) is 28.0. The van der Waals surface area contributed by atoms with Crippen LogP contribution in [0.25, 0.3) is 11.3 Å². The minimum atomic E-state index is -0.306. The maximum absolute atomic E-state index is 6.95. The van der Waals surface area contributed by atoms with Gasteiger partial charge in [-0.3, -0.25) is 4.98 Å². The highest BCUT2D eigenvalue weighted by Crippen LogP contribution is 2.45. The maximum Gasteiger partial charge on any atom is 0.174 e. The number of piperidine rings is 1. The second-order valence-electron chi connectivity index (χ2n) is 10.8. The van der Waals surface area contributed by atoms with Crippen LogP contribution in [-0.4, -0.2) is 23.2 Å². The number of nitrogens with zero attached hydrogens (tertiary/aromatic N) is 3. The summed E-state index contributed by atoms with van der Waals surface area (Å²) >= 11 is 25.5. The van der Waals surface area contributed by atoms with Gasteiger partial charge in [-0.05, 0) is 91.1 Å². The van der Waals surface area contributed by atoms with Crippen LogP contribution in [0.2, 0.25) is 15.1 Å². The molecule has 1 N–H and O–H groups in total. The van der Waals surface area contributed by atoms with E-state index in [0.717, 1.165) is 41.5 Å².